The summed E-state index contributed by atoms with van der Waals surface area (Å²) in [5.74, 6) is 1.55. The summed E-state index contributed by atoms with van der Waals surface area (Å²) in [5.41, 5.74) is 0.670. The van der Waals surface area contributed by atoms with Crippen molar-refractivity contribution in [1.82, 2.24) is 30.3 Å². The van der Waals surface area contributed by atoms with Gasteiger partial charge in [0.1, 0.15) is 0 Å². The van der Waals surface area contributed by atoms with Crippen molar-refractivity contribution in [3.8, 4) is 11.4 Å². The van der Waals surface area contributed by atoms with E-state index in [-0.39, 0.29) is 5.54 Å². The summed E-state index contributed by atoms with van der Waals surface area (Å²) in [7, 11) is 0. The molecule has 0 aliphatic rings. The van der Waals surface area contributed by atoms with Crippen LogP contribution in [-0.4, -0.2) is 30.3 Å². The second kappa shape index (κ2) is 6.29. The Kier molecular flexibility index (Phi) is 4.36. The van der Waals surface area contributed by atoms with Gasteiger partial charge in [-0.25, -0.2) is 4.68 Å². The van der Waals surface area contributed by atoms with Gasteiger partial charge in [0.25, 0.3) is 0 Å². The molecule has 1 aromatic carbocycles. The molecule has 120 valence electrons. The number of rotatable bonds is 4. The van der Waals surface area contributed by atoms with Crippen LogP contribution in [0.3, 0.4) is 0 Å². The van der Waals surface area contributed by atoms with Crippen molar-refractivity contribution < 1.29 is 4.52 Å². The highest BCUT2D eigenvalue weighted by atomic mass is 35.5. The van der Waals surface area contributed by atoms with Crippen LogP contribution >= 0.6 is 23.4 Å². The molecule has 2 heterocycles. The van der Waals surface area contributed by atoms with Crippen molar-refractivity contribution in [3.63, 3.8) is 0 Å². The fraction of sp³-hybridized carbons (Fsp3) is 0.357. The van der Waals surface area contributed by atoms with Crippen molar-refractivity contribution in [1.29, 1.82) is 0 Å². The molecule has 0 unspecified atom stereocenters. The molecule has 9 heteroatoms. The maximum absolute atomic E-state index is 5.87. The molecule has 2 aromatic heterocycles. The summed E-state index contributed by atoms with van der Waals surface area (Å²) >= 11 is 7.33. The largest absolute Gasteiger partial charge is 0.338 e. The quantitative estimate of drug-likeness (QED) is 0.666. The Hall–Kier alpha value is -1.93. The maximum Gasteiger partial charge on any atom is 0.237 e. The highest BCUT2D eigenvalue weighted by molar-refractivity contribution is 7.98. The lowest BCUT2D eigenvalue weighted by Gasteiger charge is -2.19. The van der Waals surface area contributed by atoms with E-state index in [9.17, 15) is 0 Å². The highest BCUT2D eigenvalue weighted by Gasteiger charge is 2.20. The average Bonchev–Trinajstić information content (AvgIpc) is 3.14. The number of hydrogen-bond acceptors (Lipinski definition) is 7. The molecule has 0 spiro atoms. The minimum atomic E-state index is -0.185. The Balaban J connectivity index is 1.71. The highest BCUT2D eigenvalue weighted by Crippen LogP contribution is 2.25. The van der Waals surface area contributed by atoms with Crippen molar-refractivity contribution >= 4 is 23.4 Å². The fourth-order valence-electron chi connectivity index (χ4n) is 1.85. The van der Waals surface area contributed by atoms with Crippen molar-refractivity contribution in [2.45, 2.75) is 37.2 Å². The van der Waals surface area contributed by atoms with Crippen LogP contribution in [0.2, 0.25) is 5.02 Å². The van der Waals surface area contributed by atoms with Gasteiger partial charge in [0.05, 0.1) is 11.3 Å². The van der Waals surface area contributed by atoms with Crippen LogP contribution in [0.4, 0.5) is 0 Å². The van der Waals surface area contributed by atoms with E-state index in [4.69, 9.17) is 16.1 Å². The molecule has 0 fully saturated rings. The normalized spacial score (nSPS) is 11.8. The molecular formula is C14H15ClN6OS. The van der Waals surface area contributed by atoms with Gasteiger partial charge in [-0.2, -0.15) is 4.98 Å². The number of tetrazole rings is 1. The first-order valence-electron chi connectivity index (χ1n) is 6.94. The lowest BCUT2D eigenvalue weighted by molar-refractivity contribution is 0.321. The van der Waals surface area contributed by atoms with E-state index < -0.39 is 0 Å². The number of benzene rings is 1. The summed E-state index contributed by atoms with van der Waals surface area (Å²) in [5, 5.41) is 17.1. The Morgan fingerprint density at radius 3 is 2.65 bits per heavy atom. The summed E-state index contributed by atoms with van der Waals surface area (Å²) in [4.78, 5) is 4.38. The lowest BCUT2D eigenvalue weighted by atomic mass is 10.1. The molecule has 0 N–H and O–H groups in total. The zero-order valence-electron chi connectivity index (χ0n) is 12.9. The molecule has 0 saturated heterocycles. The fourth-order valence-corrected chi connectivity index (χ4v) is 2.87. The number of thioether (sulfide) groups is 1. The minimum Gasteiger partial charge on any atom is -0.338 e. The van der Waals surface area contributed by atoms with E-state index in [0.29, 0.717) is 27.6 Å². The second-order valence-electron chi connectivity index (χ2n) is 5.85. The molecule has 7 nitrogen and oxygen atoms in total. The molecule has 0 aliphatic carbocycles. The van der Waals surface area contributed by atoms with Gasteiger partial charge in [-0.3, -0.25) is 0 Å². The van der Waals surface area contributed by atoms with E-state index in [1.165, 1.54) is 11.8 Å². The molecule has 0 radical (unpaired) electrons. The molecular weight excluding hydrogens is 336 g/mol. The monoisotopic (exact) mass is 350 g/mol. The van der Waals surface area contributed by atoms with Gasteiger partial charge in [0, 0.05) is 10.6 Å². The first-order valence-corrected chi connectivity index (χ1v) is 8.30. The number of nitrogens with zero attached hydrogens (tertiary/aromatic N) is 6. The smallest absolute Gasteiger partial charge is 0.237 e. The Morgan fingerprint density at radius 1 is 1.22 bits per heavy atom. The standard InChI is InChI=1S/C14H15ClN6OS/c1-14(2,3)21-13(17-19-20-21)23-8-11-16-12(18-22-11)9-4-6-10(15)7-5-9/h4-7H,8H2,1-3H3. The van der Waals surface area contributed by atoms with Gasteiger partial charge in [-0.15, -0.1) is 5.10 Å². The van der Waals surface area contributed by atoms with Gasteiger partial charge in [0.15, 0.2) is 0 Å². The first kappa shape index (κ1) is 15.9. The third kappa shape index (κ3) is 3.70. The van der Waals surface area contributed by atoms with Gasteiger partial charge in [0.2, 0.25) is 16.9 Å². The molecule has 0 saturated carbocycles. The van der Waals surface area contributed by atoms with Crippen molar-refractivity contribution in [3.05, 3.63) is 35.2 Å². The maximum atomic E-state index is 5.87. The Bertz CT molecular complexity index is 792. The van der Waals surface area contributed by atoms with E-state index in [1.54, 1.807) is 16.8 Å². The van der Waals surface area contributed by atoms with Gasteiger partial charge < -0.3 is 4.52 Å². The Morgan fingerprint density at radius 2 is 1.96 bits per heavy atom. The van der Waals surface area contributed by atoms with E-state index in [2.05, 4.69) is 25.7 Å². The summed E-state index contributed by atoms with van der Waals surface area (Å²) < 4.78 is 7.05. The van der Waals surface area contributed by atoms with Crippen LogP contribution in [0, 0.1) is 0 Å². The third-order valence-corrected chi connectivity index (χ3v) is 4.13. The second-order valence-corrected chi connectivity index (χ2v) is 7.23. The van der Waals surface area contributed by atoms with Crippen molar-refractivity contribution in [2.75, 3.05) is 0 Å². The zero-order valence-corrected chi connectivity index (χ0v) is 14.5. The van der Waals surface area contributed by atoms with E-state index in [0.717, 1.165) is 5.56 Å². The number of halogens is 1. The predicted molar refractivity (Wildman–Crippen MR) is 87.1 cm³/mol. The van der Waals surface area contributed by atoms with Gasteiger partial charge >= 0.3 is 0 Å². The van der Waals surface area contributed by atoms with E-state index >= 15 is 0 Å². The summed E-state index contributed by atoms with van der Waals surface area (Å²) in [6.45, 7) is 6.12. The molecule has 23 heavy (non-hydrogen) atoms. The topological polar surface area (TPSA) is 82.5 Å². The lowest BCUT2D eigenvalue weighted by Crippen LogP contribution is -2.24. The molecule has 0 aliphatic heterocycles. The first-order chi connectivity index (χ1) is 10.9. The van der Waals surface area contributed by atoms with Crippen LogP contribution in [0.5, 0.6) is 0 Å². The zero-order chi connectivity index (χ0) is 16.4. The van der Waals surface area contributed by atoms with Crippen molar-refractivity contribution in [2.24, 2.45) is 0 Å². The number of aromatic nitrogens is 6. The van der Waals surface area contributed by atoms with Crippen LogP contribution in [0.25, 0.3) is 11.4 Å². The van der Waals surface area contributed by atoms with Crippen LogP contribution in [0.15, 0.2) is 33.9 Å². The minimum absolute atomic E-state index is 0.185. The molecule has 3 aromatic rings. The molecule has 0 amide bonds. The number of hydrogen-bond donors (Lipinski definition) is 0. The van der Waals surface area contributed by atoms with Gasteiger partial charge in [-0.1, -0.05) is 28.5 Å². The summed E-state index contributed by atoms with van der Waals surface area (Å²) in [6, 6.07) is 7.28. The Labute approximate surface area is 142 Å². The van der Waals surface area contributed by atoms with Crippen LogP contribution in [-0.2, 0) is 11.3 Å². The predicted octanol–water partition coefficient (Wildman–Crippen LogP) is 3.42. The average molecular weight is 351 g/mol. The third-order valence-electron chi connectivity index (χ3n) is 2.97. The van der Waals surface area contributed by atoms with Crippen LogP contribution < -0.4 is 0 Å². The SMILES string of the molecule is CC(C)(C)n1nnnc1SCc1nc(-c2ccc(Cl)cc2)no1. The molecule has 0 atom stereocenters. The van der Waals surface area contributed by atoms with E-state index in [1.807, 2.05) is 32.9 Å². The molecule has 0 bridgehead atoms. The molecule has 3 rings (SSSR count). The summed E-state index contributed by atoms with van der Waals surface area (Å²) in [6.07, 6.45) is 0. The van der Waals surface area contributed by atoms with Gasteiger partial charge in [-0.05, 0) is 55.5 Å². The van der Waals surface area contributed by atoms with Crippen LogP contribution in [0.1, 0.15) is 26.7 Å².